The monoisotopic (exact) mass is 296 g/mol. The largest absolute Gasteiger partial charge is 0.377 e. The van der Waals surface area contributed by atoms with E-state index >= 15 is 0 Å². The Labute approximate surface area is 127 Å². The minimum absolute atomic E-state index is 0.0103. The lowest BCUT2D eigenvalue weighted by molar-refractivity contribution is 0.00530. The second-order valence-electron chi connectivity index (χ2n) is 5.44. The van der Waals surface area contributed by atoms with E-state index in [2.05, 4.69) is 11.8 Å². The summed E-state index contributed by atoms with van der Waals surface area (Å²) in [6.45, 7) is 6.06. The highest BCUT2D eigenvalue weighted by Crippen LogP contribution is 2.24. The summed E-state index contributed by atoms with van der Waals surface area (Å²) in [5, 5.41) is 0.769. The quantitative estimate of drug-likeness (QED) is 0.876. The van der Waals surface area contributed by atoms with E-state index in [1.54, 1.807) is 0 Å². The lowest BCUT2D eigenvalue weighted by atomic mass is 10.0. The lowest BCUT2D eigenvalue weighted by Crippen LogP contribution is -2.40. The molecule has 0 saturated carbocycles. The van der Waals surface area contributed by atoms with Crippen molar-refractivity contribution in [3.63, 3.8) is 0 Å². The summed E-state index contributed by atoms with van der Waals surface area (Å²) in [7, 11) is 0. The number of rotatable bonds is 6. The summed E-state index contributed by atoms with van der Waals surface area (Å²) in [6.07, 6.45) is 3.72. The molecular formula is C16H25ClN2O. The Morgan fingerprint density at radius 3 is 3.00 bits per heavy atom. The van der Waals surface area contributed by atoms with E-state index in [0.29, 0.717) is 6.10 Å². The molecular weight excluding hydrogens is 272 g/mol. The Kier molecular flexibility index (Phi) is 6.30. The predicted molar refractivity (Wildman–Crippen MR) is 84.1 cm³/mol. The van der Waals surface area contributed by atoms with Crippen LogP contribution in [-0.2, 0) is 4.74 Å². The van der Waals surface area contributed by atoms with Crippen LogP contribution in [0.5, 0.6) is 0 Å². The molecule has 112 valence electrons. The van der Waals surface area contributed by atoms with Gasteiger partial charge in [0.05, 0.1) is 6.10 Å². The second kappa shape index (κ2) is 7.99. The van der Waals surface area contributed by atoms with E-state index in [-0.39, 0.29) is 6.04 Å². The Morgan fingerprint density at radius 1 is 1.45 bits per heavy atom. The van der Waals surface area contributed by atoms with E-state index in [0.717, 1.165) is 43.2 Å². The summed E-state index contributed by atoms with van der Waals surface area (Å²) >= 11 is 6.19. The van der Waals surface area contributed by atoms with Gasteiger partial charge in [-0.1, -0.05) is 29.8 Å². The summed E-state index contributed by atoms with van der Waals surface area (Å²) in [5.74, 6) is 0. The molecule has 0 aromatic heterocycles. The molecule has 3 nitrogen and oxygen atoms in total. The highest BCUT2D eigenvalue weighted by atomic mass is 35.5. The molecule has 1 saturated heterocycles. The van der Waals surface area contributed by atoms with Gasteiger partial charge in [-0.15, -0.1) is 0 Å². The van der Waals surface area contributed by atoms with Gasteiger partial charge in [-0.3, -0.25) is 0 Å². The van der Waals surface area contributed by atoms with Crippen LogP contribution in [-0.4, -0.2) is 37.2 Å². The van der Waals surface area contributed by atoms with Crippen molar-refractivity contribution in [1.29, 1.82) is 0 Å². The van der Waals surface area contributed by atoms with Gasteiger partial charge in [0, 0.05) is 30.8 Å². The smallest absolute Gasteiger partial charge is 0.0702 e. The molecule has 0 spiro atoms. The van der Waals surface area contributed by atoms with Crippen LogP contribution in [0, 0.1) is 0 Å². The fraction of sp³-hybridized carbons (Fsp3) is 0.625. The molecule has 0 bridgehead atoms. The minimum Gasteiger partial charge on any atom is -0.377 e. The van der Waals surface area contributed by atoms with Gasteiger partial charge in [0.25, 0.3) is 0 Å². The number of piperidine rings is 1. The number of benzene rings is 1. The molecule has 2 atom stereocenters. The Hall–Kier alpha value is -0.610. The molecule has 2 rings (SSSR count). The molecule has 1 fully saturated rings. The van der Waals surface area contributed by atoms with Crippen LogP contribution in [0.2, 0.25) is 5.02 Å². The maximum Gasteiger partial charge on any atom is 0.0702 e. The fourth-order valence-corrected chi connectivity index (χ4v) is 3.12. The minimum atomic E-state index is 0.0103. The van der Waals surface area contributed by atoms with Crippen molar-refractivity contribution in [2.24, 2.45) is 5.73 Å². The van der Waals surface area contributed by atoms with Gasteiger partial charge >= 0.3 is 0 Å². The van der Waals surface area contributed by atoms with Gasteiger partial charge in [-0.25, -0.2) is 0 Å². The van der Waals surface area contributed by atoms with Crippen LogP contribution in [0.25, 0.3) is 0 Å². The predicted octanol–water partition coefficient (Wildman–Crippen LogP) is 3.23. The molecule has 0 radical (unpaired) electrons. The van der Waals surface area contributed by atoms with Crippen molar-refractivity contribution < 1.29 is 4.74 Å². The first kappa shape index (κ1) is 15.8. The molecule has 0 amide bonds. The third-order valence-corrected chi connectivity index (χ3v) is 4.27. The summed E-state index contributed by atoms with van der Waals surface area (Å²) in [4.78, 5) is 2.46. The fourth-order valence-electron chi connectivity index (χ4n) is 2.84. The lowest BCUT2D eigenvalue weighted by Gasteiger charge is -2.33. The number of nitrogens with two attached hydrogens (primary N) is 1. The van der Waals surface area contributed by atoms with Crippen LogP contribution in [0.15, 0.2) is 24.3 Å². The van der Waals surface area contributed by atoms with E-state index in [1.165, 1.54) is 12.8 Å². The zero-order valence-electron chi connectivity index (χ0n) is 12.2. The molecule has 20 heavy (non-hydrogen) atoms. The maximum absolute atomic E-state index is 6.26. The van der Waals surface area contributed by atoms with Crippen LogP contribution in [0.3, 0.4) is 0 Å². The first-order valence-electron chi connectivity index (χ1n) is 7.54. The van der Waals surface area contributed by atoms with Crippen molar-refractivity contribution in [3.05, 3.63) is 34.9 Å². The molecule has 0 aliphatic carbocycles. The Bertz CT molecular complexity index is 411. The third kappa shape index (κ3) is 4.45. The number of hydrogen-bond acceptors (Lipinski definition) is 3. The highest BCUT2D eigenvalue weighted by Gasteiger charge is 2.20. The van der Waals surface area contributed by atoms with Gasteiger partial charge < -0.3 is 15.4 Å². The molecule has 1 heterocycles. The summed E-state index contributed by atoms with van der Waals surface area (Å²) in [5.41, 5.74) is 7.31. The number of likely N-dealkylation sites (tertiary alicyclic amines) is 1. The summed E-state index contributed by atoms with van der Waals surface area (Å²) in [6, 6.07) is 7.87. The Morgan fingerprint density at radius 2 is 2.25 bits per heavy atom. The maximum atomic E-state index is 6.26. The number of nitrogens with zero attached hydrogens (tertiary/aromatic N) is 1. The van der Waals surface area contributed by atoms with Crippen molar-refractivity contribution in [2.45, 2.75) is 38.3 Å². The van der Waals surface area contributed by atoms with Crippen LogP contribution < -0.4 is 5.73 Å². The number of ether oxygens (including phenoxy) is 1. The van der Waals surface area contributed by atoms with Gasteiger partial charge in [-0.05, 0) is 44.4 Å². The van der Waals surface area contributed by atoms with Gasteiger partial charge in [0.15, 0.2) is 0 Å². The molecule has 1 aliphatic rings. The molecule has 4 heteroatoms. The first-order valence-corrected chi connectivity index (χ1v) is 7.92. The van der Waals surface area contributed by atoms with E-state index < -0.39 is 0 Å². The van der Waals surface area contributed by atoms with E-state index in [4.69, 9.17) is 22.1 Å². The standard InChI is InChI=1S/C16H25ClN2O/c1-2-20-13-6-5-10-19(12-13)11-9-16(18)14-7-3-4-8-15(14)17/h3-4,7-8,13,16H,2,5-6,9-12,18H2,1H3. The molecule has 2 unspecified atom stereocenters. The van der Waals surface area contributed by atoms with Crippen molar-refractivity contribution in [1.82, 2.24) is 4.90 Å². The van der Waals surface area contributed by atoms with Gasteiger partial charge in [0.2, 0.25) is 0 Å². The molecule has 1 aliphatic heterocycles. The van der Waals surface area contributed by atoms with E-state index in [9.17, 15) is 0 Å². The molecule has 2 N–H and O–H groups in total. The third-order valence-electron chi connectivity index (χ3n) is 3.93. The van der Waals surface area contributed by atoms with Crippen molar-refractivity contribution in [2.75, 3.05) is 26.2 Å². The van der Waals surface area contributed by atoms with Crippen LogP contribution in [0.1, 0.15) is 37.8 Å². The molecule has 1 aromatic rings. The topological polar surface area (TPSA) is 38.5 Å². The summed E-state index contributed by atoms with van der Waals surface area (Å²) < 4.78 is 5.73. The first-order chi connectivity index (χ1) is 9.70. The Balaban J connectivity index is 1.81. The van der Waals surface area contributed by atoms with Crippen LogP contribution >= 0.6 is 11.6 Å². The van der Waals surface area contributed by atoms with Crippen molar-refractivity contribution >= 4 is 11.6 Å². The molecule has 1 aromatic carbocycles. The zero-order valence-corrected chi connectivity index (χ0v) is 13.0. The van der Waals surface area contributed by atoms with Crippen LogP contribution in [0.4, 0.5) is 0 Å². The number of hydrogen-bond donors (Lipinski definition) is 1. The zero-order chi connectivity index (χ0) is 14.4. The van der Waals surface area contributed by atoms with Gasteiger partial charge in [-0.2, -0.15) is 0 Å². The second-order valence-corrected chi connectivity index (χ2v) is 5.84. The average molecular weight is 297 g/mol. The van der Waals surface area contributed by atoms with Gasteiger partial charge in [0.1, 0.15) is 0 Å². The normalized spacial score (nSPS) is 21.9. The average Bonchev–Trinajstić information content (AvgIpc) is 2.46. The van der Waals surface area contributed by atoms with E-state index in [1.807, 2.05) is 24.3 Å². The SMILES string of the molecule is CCOC1CCCN(CCC(N)c2ccccc2Cl)C1. The van der Waals surface area contributed by atoms with Crippen molar-refractivity contribution in [3.8, 4) is 0 Å². The highest BCUT2D eigenvalue weighted by molar-refractivity contribution is 6.31. The number of halogens is 1.